The second-order valence-electron chi connectivity index (χ2n) is 6.78. The highest BCUT2D eigenvalue weighted by Gasteiger charge is 2.11. The molecule has 3 heterocycles. The number of ether oxygens (including phenoxy) is 1. The molecule has 2 aromatic carbocycles. The molecule has 0 radical (unpaired) electrons. The summed E-state index contributed by atoms with van der Waals surface area (Å²) in [5.41, 5.74) is 5.24. The van der Waals surface area contributed by atoms with Gasteiger partial charge in [0.2, 0.25) is 5.95 Å². The zero-order chi connectivity index (χ0) is 18.8. The first-order valence-corrected chi connectivity index (χ1v) is 9.46. The summed E-state index contributed by atoms with van der Waals surface area (Å²) in [5.74, 6) is 0.585. The molecule has 6 nitrogen and oxygen atoms in total. The predicted octanol–water partition coefficient (Wildman–Crippen LogP) is 4.21. The standard InChI is InChI=1S/C22H21N5O/c1-2-4-20-18(3-1)19(15-24-20)21-9-10-23-22(26-21)25-16-5-7-17(8-6-16)27-11-13-28-14-12-27/h1-10,15,24H,11-14H2,(H,23,25,26). The summed E-state index contributed by atoms with van der Waals surface area (Å²) in [7, 11) is 0. The van der Waals surface area contributed by atoms with Gasteiger partial charge in [-0.2, -0.15) is 0 Å². The minimum Gasteiger partial charge on any atom is -0.378 e. The maximum absolute atomic E-state index is 5.42. The van der Waals surface area contributed by atoms with E-state index < -0.39 is 0 Å². The maximum Gasteiger partial charge on any atom is 0.227 e. The Labute approximate surface area is 163 Å². The molecule has 6 heteroatoms. The fraction of sp³-hybridized carbons (Fsp3) is 0.182. The van der Waals surface area contributed by atoms with Crippen LogP contribution in [0.4, 0.5) is 17.3 Å². The van der Waals surface area contributed by atoms with Crippen LogP contribution in [0.3, 0.4) is 0 Å². The van der Waals surface area contributed by atoms with E-state index in [0.717, 1.165) is 54.2 Å². The van der Waals surface area contributed by atoms with Gasteiger partial charge in [0.1, 0.15) is 0 Å². The Morgan fingerprint density at radius 3 is 2.64 bits per heavy atom. The van der Waals surface area contributed by atoms with Crippen molar-refractivity contribution in [2.45, 2.75) is 0 Å². The molecule has 1 fully saturated rings. The van der Waals surface area contributed by atoms with Crippen LogP contribution in [-0.4, -0.2) is 41.3 Å². The molecular formula is C22H21N5O. The van der Waals surface area contributed by atoms with Gasteiger partial charge in [-0.15, -0.1) is 0 Å². The first-order chi connectivity index (χ1) is 13.9. The summed E-state index contributed by atoms with van der Waals surface area (Å²) >= 11 is 0. The maximum atomic E-state index is 5.42. The summed E-state index contributed by atoms with van der Waals surface area (Å²) < 4.78 is 5.42. The summed E-state index contributed by atoms with van der Waals surface area (Å²) in [6.07, 6.45) is 3.78. The third kappa shape index (κ3) is 3.30. The van der Waals surface area contributed by atoms with E-state index in [1.54, 1.807) is 6.20 Å². The summed E-state index contributed by atoms with van der Waals surface area (Å²) in [6, 6.07) is 18.5. The van der Waals surface area contributed by atoms with Crippen molar-refractivity contribution in [3.63, 3.8) is 0 Å². The van der Waals surface area contributed by atoms with Crippen molar-refractivity contribution in [3.8, 4) is 11.3 Å². The molecule has 0 unspecified atom stereocenters. The second-order valence-corrected chi connectivity index (χ2v) is 6.78. The summed E-state index contributed by atoms with van der Waals surface area (Å²) in [4.78, 5) is 14.7. The second kappa shape index (κ2) is 7.32. The Morgan fingerprint density at radius 1 is 0.964 bits per heavy atom. The molecule has 2 aromatic heterocycles. The van der Waals surface area contributed by atoms with Crippen LogP contribution >= 0.6 is 0 Å². The summed E-state index contributed by atoms with van der Waals surface area (Å²) in [6.45, 7) is 3.44. The first kappa shape index (κ1) is 16.8. The molecule has 1 aliphatic rings. The number of aromatic nitrogens is 3. The molecule has 0 bridgehead atoms. The van der Waals surface area contributed by atoms with E-state index in [2.05, 4.69) is 56.6 Å². The van der Waals surface area contributed by atoms with E-state index >= 15 is 0 Å². The van der Waals surface area contributed by atoms with E-state index in [9.17, 15) is 0 Å². The van der Waals surface area contributed by atoms with Crippen molar-refractivity contribution in [3.05, 3.63) is 67.0 Å². The Hall–Kier alpha value is -3.38. The smallest absolute Gasteiger partial charge is 0.227 e. The lowest BCUT2D eigenvalue weighted by Gasteiger charge is -2.28. The van der Waals surface area contributed by atoms with E-state index in [1.165, 1.54) is 5.69 Å². The number of nitrogens with zero attached hydrogens (tertiary/aromatic N) is 3. The molecule has 2 N–H and O–H groups in total. The highest BCUT2D eigenvalue weighted by molar-refractivity contribution is 5.94. The van der Waals surface area contributed by atoms with E-state index in [4.69, 9.17) is 9.72 Å². The van der Waals surface area contributed by atoms with Gasteiger partial charge in [-0.3, -0.25) is 0 Å². The molecule has 28 heavy (non-hydrogen) atoms. The molecule has 0 amide bonds. The fourth-order valence-electron chi connectivity index (χ4n) is 3.56. The molecular weight excluding hydrogens is 350 g/mol. The molecule has 1 aliphatic heterocycles. The van der Waals surface area contributed by atoms with E-state index in [-0.39, 0.29) is 0 Å². The van der Waals surface area contributed by atoms with Crippen molar-refractivity contribution in [2.24, 2.45) is 0 Å². The SMILES string of the molecule is c1ccc2c(-c3ccnc(Nc4ccc(N5CCOCC5)cc4)n3)c[nH]c2c1. The van der Waals surface area contributed by atoms with Crippen molar-refractivity contribution in [1.29, 1.82) is 0 Å². The van der Waals surface area contributed by atoms with Crippen molar-refractivity contribution < 1.29 is 4.74 Å². The number of para-hydroxylation sites is 1. The van der Waals surface area contributed by atoms with Crippen LogP contribution in [0.5, 0.6) is 0 Å². The fourth-order valence-corrected chi connectivity index (χ4v) is 3.56. The van der Waals surface area contributed by atoms with Gasteiger partial charge < -0.3 is 19.9 Å². The van der Waals surface area contributed by atoms with Crippen LogP contribution in [0.15, 0.2) is 67.0 Å². The van der Waals surface area contributed by atoms with Crippen LogP contribution in [0.25, 0.3) is 22.2 Å². The average Bonchev–Trinajstić information content (AvgIpc) is 3.19. The average molecular weight is 371 g/mol. The van der Waals surface area contributed by atoms with Crippen LogP contribution < -0.4 is 10.2 Å². The van der Waals surface area contributed by atoms with Crippen LogP contribution in [0.2, 0.25) is 0 Å². The molecule has 1 saturated heterocycles. The molecule has 0 saturated carbocycles. The van der Waals surface area contributed by atoms with Crippen molar-refractivity contribution in [1.82, 2.24) is 15.0 Å². The number of fused-ring (bicyclic) bond motifs is 1. The Balaban J connectivity index is 1.37. The number of morpholine rings is 1. The number of rotatable bonds is 4. The van der Waals surface area contributed by atoms with Gasteiger partial charge in [0.25, 0.3) is 0 Å². The minimum atomic E-state index is 0.585. The zero-order valence-electron chi connectivity index (χ0n) is 15.4. The third-order valence-corrected chi connectivity index (χ3v) is 5.02. The monoisotopic (exact) mass is 371 g/mol. The third-order valence-electron chi connectivity index (χ3n) is 5.02. The van der Waals surface area contributed by atoms with Gasteiger partial charge in [-0.1, -0.05) is 18.2 Å². The molecule has 4 aromatic rings. The topological polar surface area (TPSA) is 66.1 Å². The van der Waals surface area contributed by atoms with Gasteiger partial charge in [0, 0.05) is 53.3 Å². The van der Waals surface area contributed by atoms with Crippen LogP contribution in [0, 0.1) is 0 Å². The summed E-state index contributed by atoms with van der Waals surface area (Å²) in [5, 5.41) is 4.46. The quantitative estimate of drug-likeness (QED) is 0.563. The van der Waals surface area contributed by atoms with Gasteiger partial charge >= 0.3 is 0 Å². The first-order valence-electron chi connectivity index (χ1n) is 9.46. The number of anilines is 3. The van der Waals surface area contributed by atoms with Crippen molar-refractivity contribution >= 4 is 28.2 Å². The molecule has 0 atom stereocenters. The normalized spacial score (nSPS) is 14.4. The van der Waals surface area contributed by atoms with Gasteiger partial charge in [-0.05, 0) is 36.4 Å². The predicted molar refractivity (Wildman–Crippen MR) is 112 cm³/mol. The number of aromatic amines is 1. The largest absolute Gasteiger partial charge is 0.378 e. The highest BCUT2D eigenvalue weighted by atomic mass is 16.5. The van der Waals surface area contributed by atoms with Crippen molar-refractivity contribution in [2.75, 3.05) is 36.5 Å². The molecule has 140 valence electrons. The minimum absolute atomic E-state index is 0.585. The number of benzene rings is 2. The number of H-pyrrole nitrogens is 1. The highest BCUT2D eigenvalue weighted by Crippen LogP contribution is 2.28. The number of hydrogen-bond acceptors (Lipinski definition) is 5. The Kier molecular flexibility index (Phi) is 4.39. The van der Waals surface area contributed by atoms with Gasteiger partial charge in [0.15, 0.2) is 0 Å². The van der Waals surface area contributed by atoms with Gasteiger partial charge in [0.05, 0.1) is 18.9 Å². The Bertz CT molecular complexity index is 1080. The number of nitrogens with one attached hydrogen (secondary N) is 2. The van der Waals surface area contributed by atoms with Crippen LogP contribution in [-0.2, 0) is 4.74 Å². The number of hydrogen-bond donors (Lipinski definition) is 2. The van der Waals surface area contributed by atoms with Crippen LogP contribution in [0.1, 0.15) is 0 Å². The molecule has 5 rings (SSSR count). The van der Waals surface area contributed by atoms with E-state index in [1.807, 2.05) is 24.4 Å². The zero-order valence-corrected chi connectivity index (χ0v) is 15.4. The lowest BCUT2D eigenvalue weighted by atomic mass is 10.1. The Morgan fingerprint density at radius 2 is 1.79 bits per heavy atom. The van der Waals surface area contributed by atoms with Gasteiger partial charge in [-0.25, -0.2) is 9.97 Å². The lowest BCUT2D eigenvalue weighted by Crippen LogP contribution is -2.36. The lowest BCUT2D eigenvalue weighted by molar-refractivity contribution is 0.122. The molecule has 0 spiro atoms. The van der Waals surface area contributed by atoms with E-state index in [0.29, 0.717) is 5.95 Å². The molecule has 0 aliphatic carbocycles.